The van der Waals surface area contributed by atoms with E-state index in [2.05, 4.69) is 52.0 Å². The van der Waals surface area contributed by atoms with E-state index in [0.717, 1.165) is 11.8 Å². The summed E-state index contributed by atoms with van der Waals surface area (Å²) in [7, 11) is 0. The molecule has 0 nitrogen and oxygen atoms in total. The molecule has 1 aromatic carbocycles. The molecule has 0 aromatic heterocycles. The van der Waals surface area contributed by atoms with Gasteiger partial charge in [0.2, 0.25) is 0 Å². The molecule has 98 valence electrons. The second-order valence-electron chi connectivity index (χ2n) is 7.22. The monoisotopic (exact) mass is 242 g/mol. The molecule has 18 heavy (non-hydrogen) atoms. The van der Waals surface area contributed by atoms with Crippen molar-refractivity contribution in [2.75, 3.05) is 0 Å². The molecule has 2 bridgehead atoms. The minimum Gasteiger partial charge on any atom is -0.0620 e. The standard InChI is InChI=1S/C18H26/c1-5-13-8-6-7-9-15(13)16-12-14-10-11-18(16,4)17(14,2)3/h6-9,14,16H,5,10-12H2,1-4H3. The largest absolute Gasteiger partial charge is 0.0620 e. The maximum Gasteiger partial charge on any atom is -0.00972 e. The Bertz CT molecular complexity index is 457. The quantitative estimate of drug-likeness (QED) is 0.670. The summed E-state index contributed by atoms with van der Waals surface area (Å²) in [4.78, 5) is 0. The van der Waals surface area contributed by atoms with Crippen LogP contribution in [0.3, 0.4) is 0 Å². The SMILES string of the molecule is CCc1ccccc1C1CC2CCC1(C)C2(C)C. The maximum absolute atomic E-state index is 2.55. The first-order valence-corrected chi connectivity index (χ1v) is 7.58. The van der Waals surface area contributed by atoms with E-state index in [-0.39, 0.29) is 0 Å². The van der Waals surface area contributed by atoms with Crippen molar-refractivity contribution in [2.24, 2.45) is 16.7 Å². The molecule has 3 unspecified atom stereocenters. The number of fused-ring (bicyclic) bond motifs is 2. The van der Waals surface area contributed by atoms with Crippen LogP contribution in [0.4, 0.5) is 0 Å². The fraction of sp³-hybridized carbons (Fsp3) is 0.667. The highest BCUT2D eigenvalue weighted by Gasteiger charge is 2.61. The predicted molar refractivity (Wildman–Crippen MR) is 77.8 cm³/mol. The van der Waals surface area contributed by atoms with Gasteiger partial charge >= 0.3 is 0 Å². The zero-order valence-corrected chi connectivity index (χ0v) is 12.3. The molecule has 2 aliphatic carbocycles. The van der Waals surface area contributed by atoms with E-state index >= 15 is 0 Å². The van der Waals surface area contributed by atoms with Crippen molar-refractivity contribution in [1.29, 1.82) is 0 Å². The van der Waals surface area contributed by atoms with Crippen LogP contribution < -0.4 is 0 Å². The second-order valence-corrected chi connectivity index (χ2v) is 7.22. The molecule has 0 N–H and O–H groups in total. The van der Waals surface area contributed by atoms with Gasteiger partial charge in [0.05, 0.1) is 0 Å². The van der Waals surface area contributed by atoms with Crippen LogP contribution in [0.2, 0.25) is 0 Å². The third kappa shape index (κ3) is 1.38. The van der Waals surface area contributed by atoms with Crippen LogP contribution in [0.25, 0.3) is 0 Å². The Morgan fingerprint density at radius 2 is 1.89 bits per heavy atom. The zero-order valence-electron chi connectivity index (χ0n) is 12.3. The minimum absolute atomic E-state index is 0.517. The molecule has 0 heteroatoms. The summed E-state index contributed by atoms with van der Waals surface area (Å²) in [5, 5.41) is 0. The van der Waals surface area contributed by atoms with E-state index in [9.17, 15) is 0 Å². The van der Waals surface area contributed by atoms with Crippen LogP contribution in [-0.2, 0) is 6.42 Å². The van der Waals surface area contributed by atoms with Crippen molar-refractivity contribution >= 4 is 0 Å². The van der Waals surface area contributed by atoms with Gasteiger partial charge in [-0.15, -0.1) is 0 Å². The predicted octanol–water partition coefficient (Wildman–Crippen LogP) is 5.18. The van der Waals surface area contributed by atoms with Crippen LogP contribution >= 0.6 is 0 Å². The van der Waals surface area contributed by atoms with Crippen molar-refractivity contribution in [3.63, 3.8) is 0 Å². The van der Waals surface area contributed by atoms with Gasteiger partial charge in [0.1, 0.15) is 0 Å². The molecule has 2 saturated carbocycles. The molecule has 1 aromatic rings. The van der Waals surface area contributed by atoms with Crippen LogP contribution in [0.15, 0.2) is 24.3 Å². The minimum atomic E-state index is 0.517. The summed E-state index contributed by atoms with van der Waals surface area (Å²) >= 11 is 0. The van der Waals surface area contributed by atoms with E-state index in [4.69, 9.17) is 0 Å². The van der Waals surface area contributed by atoms with Gasteiger partial charge in [-0.2, -0.15) is 0 Å². The lowest BCUT2D eigenvalue weighted by atomic mass is 9.64. The summed E-state index contributed by atoms with van der Waals surface area (Å²) < 4.78 is 0. The molecular weight excluding hydrogens is 216 g/mol. The smallest absolute Gasteiger partial charge is 0.00972 e. The number of hydrogen-bond donors (Lipinski definition) is 0. The van der Waals surface area contributed by atoms with Crippen molar-refractivity contribution in [1.82, 2.24) is 0 Å². The fourth-order valence-electron chi connectivity index (χ4n) is 4.87. The molecule has 0 heterocycles. The van der Waals surface area contributed by atoms with Gasteiger partial charge < -0.3 is 0 Å². The van der Waals surface area contributed by atoms with Gasteiger partial charge in [-0.05, 0) is 59.5 Å². The first-order chi connectivity index (χ1) is 8.50. The van der Waals surface area contributed by atoms with Crippen LogP contribution in [0, 0.1) is 16.7 Å². The summed E-state index contributed by atoms with van der Waals surface area (Å²) in [6, 6.07) is 9.16. The number of hydrogen-bond acceptors (Lipinski definition) is 0. The molecule has 2 aliphatic rings. The average Bonchev–Trinajstić information content (AvgIpc) is 2.71. The molecule has 0 radical (unpaired) electrons. The topological polar surface area (TPSA) is 0 Å². The van der Waals surface area contributed by atoms with Crippen LogP contribution in [-0.4, -0.2) is 0 Å². The molecule has 2 fully saturated rings. The highest BCUT2D eigenvalue weighted by molar-refractivity contribution is 5.35. The molecular formula is C18H26. The van der Waals surface area contributed by atoms with E-state index < -0.39 is 0 Å². The Morgan fingerprint density at radius 3 is 2.44 bits per heavy atom. The normalized spacial score (nSPS) is 37.1. The lowest BCUT2D eigenvalue weighted by Crippen LogP contribution is -2.31. The molecule has 0 spiro atoms. The van der Waals surface area contributed by atoms with Gasteiger partial charge in [0.15, 0.2) is 0 Å². The Hall–Kier alpha value is -0.780. The highest BCUT2D eigenvalue weighted by Crippen LogP contribution is 2.71. The maximum atomic E-state index is 2.55. The average molecular weight is 242 g/mol. The fourth-order valence-corrected chi connectivity index (χ4v) is 4.87. The van der Waals surface area contributed by atoms with E-state index in [1.807, 2.05) is 0 Å². The number of rotatable bonds is 2. The first-order valence-electron chi connectivity index (χ1n) is 7.58. The Labute approximate surface area is 112 Å². The van der Waals surface area contributed by atoms with E-state index in [1.54, 1.807) is 11.1 Å². The van der Waals surface area contributed by atoms with Crippen molar-refractivity contribution in [2.45, 2.75) is 59.3 Å². The third-order valence-electron chi connectivity index (χ3n) is 6.61. The van der Waals surface area contributed by atoms with Gasteiger partial charge in [-0.3, -0.25) is 0 Å². The lowest BCUT2D eigenvalue weighted by molar-refractivity contribution is 0.134. The molecule has 3 atom stereocenters. The van der Waals surface area contributed by atoms with E-state index in [1.165, 1.54) is 25.7 Å². The van der Waals surface area contributed by atoms with Gasteiger partial charge in [0, 0.05) is 0 Å². The lowest BCUT2D eigenvalue weighted by Gasteiger charge is -2.40. The Morgan fingerprint density at radius 1 is 1.17 bits per heavy atom. The van der Waals surface area contributed by atoms with Gasteiger partial charge in [-0.1, -0.05) is 52.0 Å². The molecule has 0 saturated heterocycles. The zero-order chi connectivity index (χ0) is 13.0. The summed E-state index contributed by atoms with van der Waals surface area (Å²) in [6.07, 6.45) is 5.47. The van der Waals surface area contributed by atoms with Gasteiger partial charge in [0.25, 0.3) is 0 Å². The third-order valence-corrected chi connectivity index (χ3v) is 6.61. The number of aryl methyl sites for hydroxylation is 1. The van der Waals surface area contributed by atoms with E-state index in [0.29, 0.717) is 10.8 Å². The second kappa shape index (κ2) is 3.85. The summed E-state index contributed by atoms with van der Waals surface area (Å²) in [5.74, 6) is 1.74. The van der Waals surface area contributed by atoms with Crippen LogP contribution in [0.1, 0.15) is 64.0 Å². The molecule has 3 rings (SSSR count). The summed E-state index contributed by atoms with van der Waals surface area (Å²) in [5.41, 5.74) is 4.27. The molecule has 0 amide bonds. The van der Waals surface area contributed by atoms with Crippen LogP contribution in [0.5, 0.6) is 0 Å². The Kier molecular flexibility index (Phi) is 2.63. The highest BCUT2D eigenvalue weighted by atomic mass is 14.7. The number of benzene rings is 1. The summed E-state index contributed by atoms with van der Waals surface area (Å²) in [6.45, 7) is 9.87. The first kappa shape index (κ1) is 12.3. The molecule has 0 aliphatic heterocycles. The van der Waals surface area contributed by atoms with Crippen molar-refractivity contribution in [3.05, 3.63) is 35.4 Å². The van der Waals surface area contributed by atoms with Crippen molar-refractivity contribution < 1.29 is 0 Å². The Balaban J connectivity index is 2.05. The van der Waals surface area contributed by atoms with Gasteiger partial charge in [-0.25, -0.2) is 0 Å². The van der Waals surface area contributed by atoms with Crippen molar-refractivity contribution in [3.8, 4) is 0 Å².